The zero-order valence-electron chi connectivity index (χ0n) is 13.1. The molecule has 0 N–H and O–H groups in total. The Balaban J connectivity index is 2.33. The van der Waals surface area contributed by atoms with Gasteiger partial charge in [0, 0.05) is 12.2 Å². The van der Waals surface area contributed by atoms with Crippen LogP contribution in [0.1, 0.15) is 19.4 Å². The molecule has 23 heavy (non-hydrogen) atoms. The standard InChI is InChI=1S/C18H19Cl2NO2/c1-3-23-18(22)13(2)21(12-14-7-5-4-6-8-14)15-9-10-16(19)17(20)11-15/h4-11,13H,3,12H2,1-2H3/t13-/m0/s1. The Kier molecular flexibility index (Phi) is 6.31. The van der Waals surface area contributed by atoms with E-state index in [1.54, 1.807) is 19.1 Å². The fourth-order valence-electron chi connectivity index (χ4n) is 2.29. The van der Waals surface area contributed by atoms with Crippen molar-refractivity contribution in [3.8, 4) is 0 Å². The van der Waals surface area contributed by atoms with E-state index < -0.39 is 6.04 Å². The summed E-state index contributed by atoms with van der Waals surface area (Å²) < 4.78 is 5.16. The fraction of sp³-hybridized carbons (Fsp3) is 0.278. The van der Waals surface area contributed by atoms with Crippen LogP contribution in [0, 0.1) is 0 Å². The molecule has 0 aliphatic carbocycles. The number of esters is 1. The molecule has 1 atom stereocenters. The van der Waals surface area contributed by atoms with Gasteiger partial charge in [0.15, 0.2) is 0 Å². The number of hydrogen-bond donors (Lipinski definition) is 0. The Morgan fingerprint density at radius 3 is 2.43 bits per heavy atom. The molecular formula is C18H19Cl2NO2. The molecule has 2 rings (SSSR count). The summed E-state index contributed by atoms with van der Waals surface area (Å²) in [7, 11) is 0. The molecule has 0 fully saturated rings. The first-order valence-corrected chi connectivity index (χ1v) is 8.20. The van der Waals surface area contributed by atoms with E-state index in [4.69, 9.17) is 27.9 Å². The van der Waals surface area contributed by atoms with Gasteiger partial charge in [-0.2, -0.15) is 0 Å². The summed E-state index contributed by atoms with van der Waals surface area (Å²) in [5.74, 6) is -0.269. The van der Waals surface area contributed by atoms with E-state index >= 15 is 0 Å². The number of halogens is 2. The number of anilines is 1. The van der Waals surface area contributed by atoms with E-state index in [9.17, 15) is 4.79 Å². The molecule has 2 aromatic rings. The molecule has 0 spiro atoms. The van der Waals surface area contributed by atoms with E-state index in [0.29, 0.717) is 23.2 Å². The second-order valence-corrected chi connectivity index (χ2v) is 5.95. The van der Waals surface area contributed by atoms with Gasteiger partial charge in [-0.3, -0.25) is 0 Å². The maximum atomic E-state index is 12.2. The van der Waals surface area contributed by atoms with Gasteiger partial charge in [-0.1, -0.05) is 53.5 Å². The van der Waals surface area contributed by atoms with Gasteiger partial charge in [0.1, 0.15) is 6.04 Å². The van der Waals surface area contributed by atoms with Crippen LogP contribution < -0.4 is 4.90 Å². The van der Waals surface area contributed by atoms with Gasteiger partial charge in [-0.15, -0.1) is 0 Å². The van der Waals surface area contributed by atoms with Crippen molar-refractivity contribution in [1.29, 1.82) is 0 Å². The second kappa shape index (κ2) is 8.23. The minimum absolute atomic E-state index is 0.269. The van der Waals surface area contributed by atoms with Crippen LogP contribution in [0.3, 0.4) is 0 Å². The third-order valence-electron chi connectivity index (χ3n) is 3.53. The van der Waals surface area contributed by atoms with Gasteiger partial charge < -0.3 is 9.64 Å². The van der Waals surface area contributed by atoms with Crippen LogP contribution in [-0.4, -0.2) is 18.6 Å². The number of carbonyl (C=O) groups is 1. The number of nitrogens with zero attached hydrogens (tertiary/aromatic N) is 1. The highest BCUT2D eigenvalue weighted by Gasteiger charge is 2.23. The van der Waals surface area contributed by atoms with Gasteiger partial charge in [0.05, 0.1) is 16.7 Å². The Hall–Kier alpha value is -1.71. The lowest BCUT2D eigenvalue weighted by Gasteiger charge is -2.30. The summed E-state index contributed by atoms with van der Waals surface area (Å²) in [4.78, 5) is 14.1. The predicted molar refractivity (Wildman–Crippen MR) is 95.2 cm³/mol. The molecule has 0 amide bonds. The summed E-state index contributed by atoms with van der Waals surface area (Å²) in [6.07, 6.45) is 0. The molecule has 0 bridgehead atoms. The zero-order chi connectivity index (χ0) is 16.8. The van der Waals surface area contributed by atoms with Crippen molar-refractivity contribution < 1.29 is 9.53 Å². The van der Waals surface area contributed by atoms with Crippen molar-refractivity contribution in [2.75, 3.05) is 11.5 Å². The largest absolute Gasteiger partial charge is 0.464 e. The predicted octanol–water partition coefficient (Wildman–Crippen LogP) is 4.95. The molecule has 0 unspecified atom stereocenters. The SMILES string of the molecule is CCOC(=O)[C@H](C)N(Cc1ccccc1)c1ccc(Cl)c(Cl)c1. The molecule has 0 heterocycles. The average Bonchev–Trinajstić information content (AvgIpc) is 2.56. The average molecular weight is 352 g/mol. The number of benzene rings is 2. The van der Waals surface area contributed by atoms with Gasteiger partial charge in [0.2, 0.25) is 0 Å². The molecule has 0 aliphatic heterocycles. The van der Waals surface area contributed by atoms with Crippen molar-refractivity contribution in [1.82, 2.24) is 0 Å². The molecule has 0 saturated heterocycles. The van der Waals surface area contributed by atoms with Crippen LogP contribution >= 0.6 is 23.2 Å². The first kappa shape index (κ1) is 17.6. The molecular weight excluding hydrogens is 333 g/mol. The van der Waals surface area contributed by atoms with Crippen molar-refractivity contribution >= 4 is 34.9 Å². The number of ether oxygens (including phenoxy) is 1. The van der Waals surface area contributed by atoms with Gasteiger partial charge >= 0.3 is 5.97 Å². The molecule has 0 saturated carbocycles. The molecule has 3 nitrogen and oxygen atoms in total. The van der Waals surface area contributed by atoms with Crippen LogP contribution in [-0.2, 0) is 16.1 Å². The van der Waals surface area contributed by atoms with Crippen molar-refractivity contribution in [3.05, 3.63) is 64.1 Å². The highest BCUT2D eigenvalue weighted by atomic mass is 35.5. The Morgan fingerprint density at radius 2 is 1.83 bits per heavy atom. The summed E-state index contributed by atoms with van der Waals surface area (Å²) in [6, 6.07) is 14.8. The second-order valence-electron chi connectivity index (χ2n) is 5.14. The van der Waals surface area contributed by atoms with Crippen LogP contribution in [0.2, 0.25) is 10.0 Å². The number of hydrogen-bond acceptors (Lipinski definition) is 3. The first-order valence-electron chi connectivity index (χ1n) is 7.45. The lowest BCUT2D eigenvalue weighted by atomic mass is 10.1. The van der Waals surface area contributed by atoms with Gasteiger partial charge in [-0.25, -0.2) is 4.79 Å². The smallest absolute Gasteiger partial charge is 0.328 e. The van der Waals surface area contributed by atoms with Gasteiger partial charge in [0.25, 0.3) is 0 Å². The lowest BCUT2D eigenvalue weighted by molar-refractivity contribution is -0.144. The molecule has 0 aliphatic rings. The quantitative estimate of drug-likeness (QED) is 0.689. The maximum absolute atomic E-state index is 12.2. The van der Waals surface area contributed by atoms with E-state index in [2.05, 4.69) is 0 Å². The monoisotopic (exact) mass is 351 g/mol. The van der Waals surface area contributed by atoms with Crippen molar-refractivity contribution in [2.45, 2.75) is 26.4 Å². The van der Waals surface area contributed by atoms with Crippen LogP contribution in [0.15, 0.2) is 48.5 Å². The third-order valence-corrected chi connectivity index (χ3v) is 4.26. The fourth-order valence-corrected chi connectivity index (χ4v) is 2.58. The minimum Gasteiger partial charge on any atom is -0.464 e. The molecule has 0 aromatic heterocycles. The molecule has 0 radical (unpaired) electrons. The van der Waals surface area contributed by atoms with Crippen LogP contribution in [0.5, 0.6) is 0 Å². The van der Waals surface area contributed by atoms with E-state index in [1.807, 2.05) is 48.2 Å². The van der Waals surface area contributed by atoms with Crippen molar-refractivity contribution in [3.63, 3.8) is 0 Å². The number of rotatable bonds is 6. The highest BCUT2D eigenvalue weighted by molar-refractivity contribution is 6.42. The Bertz CT molecular complexity index is 661. The summed E-state index contributed by atoms with van der Waals surface area (Å²) in [5, 5.41) is 0.942. The maximum Gasteiger partial charge on any atom is 0.328 e. The summed E-state index contributed by atoms with van der Waals surface area (Å²) in [6.45, 7) is 4.54. The summed E-state index contributed by atoms with van der Waals surface area (Å²) >= 11 is 12.1. The summed E-state index contributed by atoms with van der Waals surface area (Å²) in [5.41, 5.74) is 1.92. The normalized spacial score (nSPS) is 11.8. The minimum atomic E-state index is -0.438. The lowest BCUT2D eigenvalue weighted by Crippen LogP contribution is -2.39. The van der Waals surface area contributed by atoms with Crippen LogP contribution in [0.25, 0.3) is 0 Å². The zero-order valence-corrected chi connectivity index (χ0v) is 14.6. The number of carbonyl (C=O) groups excluding carboxylic acids is 1. The Labute approximate surface area is 146 Å². The van der Waals surface area contributed by atoms with E-state index in [0.717, 1.165) is 11.3 Å². The molecule has 5 heteroatoms. The van der Waals surface area contributed by atoms with Crippen LogP contribution in [0.4, 0.5) is 5.69 Å². The Morgan fingerprint density at radius 1 is 1.13 bits per heavy atom. The van der Waals surface area contributed by atoms with Crippen molar-refractivity contribution in [2.24, 2.45) is 0 Å². The highest BCUT2D eigenvalue weighted by Crippen LogP contribution is 2.29. The molecule has 2 aromatic carbocycles. The van der Waals surface area contributed by atoms with E-state index in [-0.39, 0.29) is 5.97 Å². The topological polar surface area (TPSA) is 29.5 Å². The first-order chi connectivity index (χ1) is 11.0. The van der Waals surface area contributed by atoms with Gasteiger partial charge in [-0.05, 0) is 37.6 Å². The molecule has 122 valence electrons. The van der Waals surface area contributed by atoms with E-state index in [1.165, 1.54) is 0 Å². The third kappa shape index (κ3) is 4.63.